The maximum Gasteiger partial charge on any atom is 0.305 e. The number of fused-ring (bicyclic) bond motifs is 1. The molecule has 4 aromatic rings. The molecule has 2 aromatic carbocycles. The van der Waals surface area contributed by atoms with Crippen molar-refractivity contribution >= 4 is 39.1 Å². The van der Waals surface area contributed by atoms with Crippen molar-refractivity contribution in [1.29, 1.82) is 0 Å². The van der Waals surface area contributed by atoms with Gasteiger partial charge in [0.25, 0.3) is 0 Å². The van der Waals surface area contributed by atoms with Gasteiger partial charge in [-0.3, -0.25) is 14.8 Å². The first kappa shape index (κ1) is 33.2. The van der Waals surface area contributed by atoms with Gasteiger partial charge in [-0.15, -0.1) is 0 Å². The molecule has 0 aliphatic rings. The second-order valence-corrected chi connectivity index (χ2v) is 12.0. The number of hydrogen-bond acceptors (Lipinski definition) is 9. The van der Waals surface area contributed by atoms with Gasteiger partial charge in [0, 0.05) is 37.0 Å². The van der Waals surface area contributed by atoms with E-state index in [0.717, 1.165) is 21.6 Å². The van der Waals surface area contributed by atoms with Gasteiger partial charge in [-0.25, -0.2) is 27.1 Å². The fraction of sp³-hybridized carbons (Fsp3) is 0.300. The molecule has 0 aliphatic heterocycles. The van der Waals surface area contributed by atoms with Gasteiger partial charge in [-0.1, -0.05) is 38.1 Å². The molecule has 13 heteroatoms. The van der Waals surface area contributed by atoms with Crippen molar-refractivity contribution in [2.45, 2.75) is 44.8 Å². The molecule has 0 spiro atoms. The van der Waals surface area contributed by atoms with Crippen molar-refractivity contribution in [2.24, 2.45) is 0 Å². The fourth-order valence-corrected chi connectivity index (χ4v) is 4.33. The monoisotopic (exact) mass is 611 g/mol. The Morgan fingerprint density at radius 1 is 1.00 bits per heavy atom. The summed E-state index contributed by atoms with van der Waals surface area (Å²) in [6, 6.07) is 13.3. The summed E-state index contributed by atoms with van der Waals surface area (Å²) >= 11 is 0. The molecule has 2 aromatic heterocycles. The second kappa shape index (κ2) is 14.7. The Balaban J connectivity index is 0.000000420. The number of aliphatic carboxylic acids is 1. The number of carboxylic acids is 1. The maximum absolute atomic E-state index is 13.5. The fourth-order valence-electron chi connectivity index (χ4n) is 3.96. The van der Waals surface area contributed by atoms with Gasteiger partial charge >= 0.3 is 5.97 Å². The highest BCUT2D eigenvalue weighted by atomic mass is 32.2. The van der Waals surface area contributed by atoms with E-state index in [-0.39, 0.29) is 18.3 Å². The molecule has 3 N–H and O–H groups in total. The molecule has 228 valence electrons. The zero-order valence-corrected chi connectivity index (χ0v) is 25.0. The van der Waals surface area contributed by atoms with E-state index in [2.05, 4.69) is 19.9 Å². The van der Waals surface area contributed by atoms with Gasteiger partial charge in [0.2, 0.25) is 16.0 Å². The van der Waals surface area contributed by atoms with Crippen molar-refractivity contribution in [2.75, 3.05) is 17.6 Å². The number of carbonyl (C=O) groups is 1. The molecule has 43 heavy (non-hydrogen) atoms. The van der Waals surface area contributed by atoms with Crippen LogP contribution in [0.15, 0.2) is 67.0 Å². The van der Waals surface area contributed by atoms with Gasteiger partial charge in [0.15, 0.2) is 0 Å². The first-order chi connectivity index (χ1) is 20.3. The highest BCUT2D eigenvalue weighted by Crippen LogP contribution is 2.31. The number of aliphatic hydroxyl groups is 2. The third kappa shape index (κ3) is 9.60. The molecule has 0 amide bonds. The Kier molecular flexibility index (Phi) is 11.4. The molecule has 2 atom stereocenters. The van der Waals surface area contributed by atoms with E-state index in [1.54, 1.807) is 12.4 Å². The van der Waals surface area contributed by atoms with E-state index < -0.39 is 40.4 Å². The molecule has 11 nitrogen and oxygen atoms in total. The topological polar surface area (TPSA) is 167 Å². The number of halogens is 1. The lowest BCUT2D eigenvalue weighted by molar-refractivity contribution is -0.139. The summed E-state index contributed by atoms with van der Waals surface area (Å²) in [5.41, 5.74) is 3.70. The lowest BCUT2D eigenvalue weighted by atomic mass is 9.97. The Morgan fingerprint density at radius 3 is 2.09 bits per heavy atom. The third-order valence-corrected chi connectivity index (χ3v) is 7.35. The third-order valence-electron chi connectivity index (χ3n) is 6.19. The van der Waals surface area contributed by atoms with Crippen molar-refractivity contribution in [3.05, 3.63) is 84.1 Å². The van der Waals surface area contributed by atoms with Crippen LogP contribution in [0, 0.1) is 5.82 Å². The zero-order valence-electron chi connectivity index (χ0n) is 24.2. The molecule has 0 saturated heterocycles. The lowest BCUT2D eigenvalue weighted by Gasteiger charge is -2.20. The first-order valence-corrected chi connectivity index (χ1v) is 15.1. The highest BCUT2D eigenvalue weighted by Gasteiger charge is 2.22. The minimum atomic E-state index is -3.65. The smallest absolute Gasteiger partial charge is 0.305 e. The number of para-hydroxylation sites is 2. The molecule has 0 saturated carbocycles. The van der Waals surface area contributed by atoms with Crippen molar-refractivity contribution in [1.82, 2.24) is 19.9 Å². The summed E-state index contributed by atoms with van der Waals surface area (Å²) in [5, 5.41) is 28.8. The average molecular weight is 612 g/mol. The number of aromatic nitrogens is 4. The molecule has 0 aliphatic carbocycles. The number of carboxylic acid groups (broad SMARTS) is 1. The number of sulfonamides is 1. The van der Waals surface area contributed by atoms with Crippen LogP contribution >= 0.6 is 0 Å². The standard InChI is InChI=1S/C22H28FN3O6S.C8H6N2/c1-13(2)20-18(10-9-16(27)11-17(28)12-19(29)30)21(14-5-7-15(23)8-6-14)25-22(24-20)26(3)33(4,31)32;1-2-4-8-7(3-1)9-5-6-10-8/h5-10,13,16-17,27-28H,11-12H2,1-4H3,(H,29,30);1-6H/b10-9+;/t16-,17-;/m1./s1. The van der Waals surface area contributed by atoms with Gasteiger partial charge in [-0.2, -0.15) is 0 Å². The van der Waals surface area contributed by atoms with Crippen molar-refractivity contribution < 1.29 is 32.9 Å². The lowest BCUT2D eigenvalue weighted by Crippen LogP contribution is -2.27. The Hall–Kier alpha value is -4.33. The van der Waals surface area contributed by atoms with Gasteiger partial charge in [-0.05, 0) is 42.3 Å². The number of nitrogens with zero attached hydrogens (tertiary/aromatic N) is 5. The van der Waals surface area contributed by atoms with Crippen LogP contribution in [0.1, 0.15) is 43.9 Å². The maximum atomic E-state index is 13.5. The van der Waals surface area contributed by atoms with E-state index in [4.69, 9.17) is 5.11 Å². The minimum Gasteiger partial charge on any atom is -0.481 e. The van der Waals surface area contributed by atoms with Crippen LogP contribution in [0.3, 0.4) is 0 Å². The van der Waals surface area contributed by atoms with Crippen LogP contribution in [0.25, 0.3) is 28.4 Å². The Labute approximate surface area is 249 Å². The summed E-state index contributed by atoms with van der Waals surface area (Å²) in [6.45, 7) is 3.71. The van der Waals surface area contributed by atoms with Crippen LogP contribution < -0.4 is 4.31 Å². The van der Waals surface area contributed by atoms with Gasteiger partial charge in [0.05, 0.1) is 47.3 Å². The minimum absolute atomic E-state index is 0.0601. The molecule has 0 radical (unpaired) electrons. The average Bonchev–Trinajstić information content (AvgIpc) is 2.95. The van der Waals surface area contributed by atoms with Gasteiger partial charge in [0.1, 0.15) is 5.82 Å². The quantitative estimate of drug-likeness (QED) is 0.238. The van der Waals surface area contributed by atoms with Crippen LogP contribution in [-0.2, 0) is 14.8 Å². The van der Waals surface area contributed by atoms with Gasteiger partial charge < -0.3 is 15.3 Å². The second-order valence-electron chi connectivity index (χ2n) is 10.0. The molecule has 0 fully saturated rings. The summed E-state index contributed by atoms with van der Waals surface area (Å²) in [5.74, 6) is -1.87. The van der Waals surface area contributed by atoms with E-state index in [9.17, 15) is 27.8 Å². The Morgan fingerprint density at radius 2 is 1.58 bits per heavy atom. The van der Waals surface area contributed by atoms with Crippen molar-refractivity contribution in [3.8, 4) is 11.3 Å². The molecule has 4 rings (SSSR count). The van der Waals surface area contributed by atoms with Crippen molar-refractivity contribution in [3.63, 3.8) is 0 Å². The summed E-state index contributed by atoms with van der Waals surface area (Å²) < 4.78 is 38.6. The number of anilines is 1. The first-order valence-electron chi connectivity index (χ1n) is 13.3. The molecule has 2 heterocycles. The molecule has 0 bridgehead atoms. The SMILES string of the molecule is CC(C)c1nc(N(C)S(C)(=O)=O)nc(-c2ccc(F)cc2)c1/C=C/[C@@H](O)C[C@@H](O)CC(=O)O.c1ccc2nccnc2c1. The van der Waals surface area contributed by atoms with Crippen LogP contribution in [0.2, 0.25) is 0 Å². The zero-order chi connectivity index (χ0) is 31.7. The van der Waals surface area contributed by atoms with E-state index in [0.29, 0.717) is 22.5 Å². The predicted octanol–water partition coefficient (Wildman–Crippen LogP) is 4.03. The summed E-state index contributed by atoms with van der Waals surface area (Å²) in [4.78, 5) is 27.8. The molecule has 0 unspecified atom stereocenters. The number of hydrogen-bond donors (Lipinski definition) is 3. The summed E-state index contributed by atoms with van der Waals surface area (Å²) in [6.07, 6.45) is 4.25. The number of rotatable bonds is 10. The molecular weight excluding hydrogens is 577 g/mol. The Bertz CT molecular complexity index is 1620. The molecular formula is C30H34FN5O6S. The highest BCUT2D eigenvalue weighted by molar-refractivity contribution is 7.92. The van der Waals surface area contributed by atoms with E-state index in [1.165, 1.54) is 43.5 Å². The van der Waals surface area contributed by atoms with Crippen LogP contribution in [0.5, 0.6) is 0 Å². The number of aliphatic hydroxyl groups excluding tert-OH is 2. The van der Waals surface area contributed by atoms with Crippen LogP contribution in [0.4, 0.5) is 10.3 Å². The number of benzene rings is 2. The summed E-state index contributed by atoms with van der Waals surface area (Å²) in [7, 11) is -2.33. The predicted molar refractivity (Wildman–Crippen MR) is 162 cm³/mol. The van der Waals surface area contributed by atoms with E-state index >= 15 is 0 Å². The largest absolute Gasteiger partial charge is 0.481 e. The van der Waals surface area contributed by atoms with E-state index in [1.807, 2.05) is 38.1 Å². The van der Waals surface area contributed by atoms with Crippen LogP contribution in [-0.4, -0.2) is 75.2 Å². The normalized spacial score (nSPS) is 13.0.